The highest BCUT2D eigenvalue weighted by Gasteiger charge is 2.27. The molecule has 4 nitrogen and oxygen atoms in total. The Morgan fingerprint density at radius 3 is 2.91 bits per heavy atom. The minimum Gasteiger partial charge on any atom is -0.394 e. The van der Waals surface area contributed by atoms with Crippen LogP contribution in [0, 0.1) is 0 Å². The molecule has 1 fully saturated rings. The Labute approximate surface area is 130 Å². The SMILES string of the molecule is O=C(NCCc1cccc2ccccc12)N1CCCC1CO. The number of rotatable bonds is 4. The number of carbonyl (C=O) groups is 1. The van der Waals surface area contributed by atoms with Crippen molar-refractivity contribution in [3.63, 3.8) is 0 Å². The maximum atomic E-state index is 12.2. The van der Waals surface area contributed by atoms with Gasteiger partial charge in [0.05, 0.1) is 12.6 Å². The van der Waals surface area contributed by atoms with E-state index in [0.29, 0.717) is 6.54 Å². The molecule has 22 heavy (non-hydrogen) atoms. The number of carbonyl (C=O) groups excluding carboxylic acids is 1. The van der Waals surface area contributed by atoms with Gasteiger partial charge in [0, 0.05) is 13.1 Å². The van der Waals surface area contributed by atoms with Crippen molar-refractivity contribution in [1.29, 1.82) is 0 Å². The summed E-state index contributed by atoms with van der Waals surface area (Å²) in [5.41, 5.74) is 1.25. The van der Waals surface area contributed by atoms with Gasteiger partial charge >= 0.3 is 6.03 Å². The third kappa shape index (κ3) is 3.07. The lowest BCUT2D eigenvalue weighted by Crippen LogP contribution is -2.44. The van der Waals surface area contributed by atoms with Crippen molar-refractivity contribution in [2.75, 3.05) is 19.7 Å². The van der Waals surface area contributed by atoms with Crippen LogP contribution < -0.4 is 5.32 Å². The van der Waals surface area contributed by atoms with E-state index in [1.807, 2.05) is 12.1 Å². The van der Waals surface area contributed by atoms with Crippen LogP contribution in [-0.2, 0) is 6.42 Å². The molecule has 1 aliphatic rings. The number of nitrogens with zero attached hydrogens (tertiary/aromatic N) is 1. The van der Waals surface area contributed by atoms with E-state index >= 15 is 0 Å². The summed E-state index contributed by atoms with van der Waals surface area (Å²) in [5, 5.41) is 14.7. The van der Waals surface area contributed by atoms with Gasteiger partial charge < -0.3 is 15.3 Å². The number of aliphatic hydroxyl groups excluding tert-OH is 1. The van der Waals surface area contributed by atoms with Crippen molar-refractivity contribution >= 4 is 16.8 Å². The largest absolute Gasteiger partial charge is 0.394 e. The fourth-order valence-corrected chi connectivity index (χ4v) is 3.21. The zero-order valence-corrected chi connectivity index (χ0v) is 12.7. The number of hydrogen-bond acceptors (Lipinski definition) is 2. The molecule has 1 heterocycles. The number of aliphatic hydroxyl groups is 1. The Kier molecular flexibility index (Phi) is 4.59. The molecule has 1 aliphatic heterocycles. The van der Waals surface area contributed by atoms with Crippen LogP contribution in [0.25, 0.3) is 10.8 Å². The molecule has 1 saturated heterocycles. The highest BCUT2D eigenvalue weighted by Crippen LogP contribution is 2.19. The Morgan fingerprint density at radius 2 is 2.05 bits per heavy atom. The third-order valence-electron chi connectivity index (χ3n) is 4.40. The van der Waals surface area contributed by atoms with Crippen molar-refractivity contribution in [1.82, 2.24) is 10.2 Å². The van der Waals surface area contributed by atoms with Gasteiger partial charge in [-0.25, -0.2) is 4.79 Å². The van der Waals surface area contributed by atoms with Crippen molar-refractivity contribution in [2.45, 2.75) is 25.3 Å². The van der Waals surface area contributed by atoms with Crippen LogP contribution >= 0.6 is 0 Å². The van der Waals surface area contributed by atoms with Gasteiger partial charge in [-0.1, -0.05) is 42.5 Å². The molecule has 0 aliphatic carbocycles. The normalized spacial score (nSPS) is 17.9. The van der Waals surface area contributed by atoms with Gasteiger partial charge in [0.2, 0.25) is 0 Å². The maximum Gasteiger partial charge on any atom is 0.317 e. The first-order valence-electron chi connectivity index (χ1n) is 7.91. The Morgan fingerprint density at radius 1 is 1.23 bits per heavy atom. The quantitative estimate of drug-likeness (QED) is 0.911. The zero-order chi connectivity index (χ0) is 15.4. The summed E-state index contributed by atoms with van der Waals surface area (Å²) >= 11 is 0. The second-order valence-electron chi connectivity index (χ2n) is 5.79. The highest BCUT2D eigenvalue weighted by atomic mass is 16.3. The molecule has 0 radical (unpaired) electrons. The van der Waals surface area contributed by atoms with Crippen molar-refractivity contribution < 1.29 is 9.90 Å². The van der Waals surface area contributed by atoms with E-state index in [4.69, 9.17) is 0 Å². The highest BCUT2D eigenvalue weighted by molar-refractivity contribution is 5.85. The lowest BCUT2D eigenvalue weighted by molar-refractivity contribution is 0.157. The standard InChI is InChI=1S/C18H22N2O2/c21-13-16-8-4-12-20(16)18(22)19-11-10-15-7-3-6-14-5-1-2-9-17(14)15/h1-3,5-7,9,16,21H,4,8,10-13H2,(H,19,22). The van der Waals surface area contributed by atoms with Crippen LogP contribution in [0.4, 0.5) is 4.79 Å². The average Bonchev–Trinajstić information content (AvgIpc) is 3.03. The number of nitrogens with one attached hydrogen (secondary N) is 1. The minimum atomic E-state index is -0.0585. The second-order valence-corrected chi connectivity index (χ2v) is 5.79. The molecular formula is C18H22N2O2. The van der Waals surface area contributed by atoms with E-state index in [1.165, 1.54) is 16.3 Å². The van der Waals surface area contributed by atoms with E-state index in [-0.39, 0.29) is 18.7 Å². The van der Waals surface area contributed by atoms with Gasteiger partial charge in [0.15, 0.2) is 0 Å². The van der Waals surface area contributed by atoms with E-state index in [1.54, 1.807) is 4.90 Å². The number of likely N-dealkylation sites (tertiary alicyclic amines) is 1. The molecule has 2 N–H and O–H groups in total. The van der Waals surface area contributed by atoms with Gasteiger partial charge in [0.25, 0.3) is 0 Å². The summed E-state index contributed by atoms with van der Waals surface area (Å²) in [7, 11) is 0. The van der Waals surface area contributed by atoms with Crippen LogP contribution in [0.5, 0.6) is 0 Å². The third-order valence-corrected chi connectivity index (χ3v) is 4.40. The second kappa shape index (κ2) is 6.79. The summed E-state index contributed by atoms with van der Waals surface area (Å²) in [5.74, 6) is 0. The number of urea groups is 1. The molecule has 116 valence electrons. The smallest absolute Gasteiger partial charge is 0.317 e. The van der Waals surface area contributed by atoms with Crippen LogP contribution in [0.1, 0.15) is 18.4 Å². The molecule has 2 aromatic rings. The lowest BCUT2D eigenvalue weighted by Gasteiger charge is -2.23. The van der Waals surface area contributed by atoms with Crippen LogP contribution in [-0.4, -0.2) is 41.8 Å². The Bertz CT molecular complexity index is 651. The fourth-order valence-electron chi connectivity index (χ4n) is 3.21. The number of benzene rings is 2. The first-order valence-corrected chi connectivity index (χ1v) is 7.91. The Hall–Kier alpha value is -2.07. The number of amides is 2. The molecule has 2 amide bonds. The lowest BCUT2D eigenvalue weighted by atomic mass is 10.0. The van der Waals surface area contributed by atoms with Gasteiger partial charge in [-0.15, -0.1) is 0 Å². The van der Waals surface area contributed by atoms with Crippen LogP contribution in [0.15, 0.2) is 42.5 Å². The summed E-state index contributed by atoms with van der Waals surface area (Å²) in [6, 6.07) is 14.5. The molecule has 1 atom stereocenters. The Balaban J connectivity index is 1.59. The van der Waals surface area contributed by atoms with E-state index < -0.39 is 0 Å². The molecular weight excluding hydrogens is 276 g/mol. The van der Waals surface area contributed by atoms with Crippen molar-refractivity contribution in [3.05, 3.63) is 48.0 Å². The number of hydrogen-bond donors (Lipinski definition) is 2. The van der Waals surface area contributed by atoms with Gasteiger partial charge in [-0.05, 0) is 35.6 Å². The van der Waals surface area contributed by atoms with Crippen LogP contribution in [0.2, 0.25) is 0 Å². The molecule has 1 unspecified atom stereocenters. The first kappa shape index (κ1) is 14.9. The fraction of sp³-hybridized carbons (Fsp3) is 0.389. The topological polar surface area (TPSA) is 52.6 Å². The average molecular weight is 298 g/mol. The summed E-state index contributed by atoms with van der Waals surface area (Å²) < 4.78 is 0. The summed E-state index contributed by atoms with van der Waals surface area (Å²) in [6.07, 6.45) is 2.68. The molecule has 0 spiro atoms. The summed E-state index contributed by atoms with van der Waals surface area (Å²) in [6.45, 7) is 1.41. The van der Waals surface area contributed by atoms with Gasteiger partial charge in [0.1, 0.15) is 0 Å². The minimum absolute atomic E-state index is 0.0162. The molecule has 2 aromatic carbocycles. The van der Waals surface area contributed by atoms with Gasteiger partial charge in [-0.2, -0.15) is 0 Å². The van der Waals surface area contributed by atoms with E-state index in [9.17, 15) is 9.90 Å². The van der Waals surface area contributed by atoms with E-state index in [2.05, 4.69) is 35.6 Å². The maximum absolute atomic E-state index is 12.2. The zero-order valence-electron chi connectivity index (χ0n) is 12.7. The molecule has 0 bridgehead atoms. The monoisotopic (exact) mass is 298 g/mol. The first-order chi connectivity index (χ1) is 10.8. The van der Waals surface area contributed by atoms with E-state index in [0.717, 1.165) is 25.8 Å². The molecule has 0 aromatic heterocycles. The predicted octanol–water partition coefficient (Wildman–Crippen LogP) is 2.55. The predicted molar refractivity (Wildman–Crippen MR) is 87.9 cm³/mol. The summed E-state index contributed by atoms with van der Waals surface area (Å²) in [4.78, 5) is 13.9. The molecule has 0 saturated carbocycles. The molecule has 3 rings (SSSR count). The van der Waals surface area contributed by atoms with Crippen LogP contribution in [0.3, 0.4) is 0 Å². The van der Waals surface area contributed by atoms with Crippen molar-refractivity contribution in [3.8, 4) is 0 Å². The van der Waals surface area contributed by atoms with Crippen molar-refractivity contribution in [2.24, 2.45) is 0 Å². The number of fused-ring (bicyclic) bond motifs is 1. The van der Waals surface area contributed by atoms with Gasteiger partial charge in [-0.3, -0.25) is 0 Å². The molecule has 4 heteroatoms.